The van der Waals surface area contributed by atoms with E-state index in [4.69, 9.17) is 17.3 Å². The van der Waals surface area contributed by atoms with E-state index in [2.05, 4.69) is 9.97 Å². The predicted octanol–water partition coefficient (Wildman–Crippen LogP) is 2.78. The Hall–Kier alpha value is -1.59. The fraction of sp³-hybridized carbons (Fsp3) is 0.0909. The highest BCUT2D eigenvalue weighted by Crippen LogP contribution is 2.23. The molecule has 3 rings (SSSR count). The van der Waals surface area contributed by atoms with Crippen molar-refractivity contribution in [3.05, 3.63) is 39.8 Å². The largest absolute Gasteiger partial charge is 0.369 e. The van der Waals surface area contributed by atoms with Crippen molar-refractivity contribution in [1.82, 2.24) is 14.5 Å². The van der Waals surface area contributed by atoms with Crippen molar-refractivity contribution in [1.29, 1.82) is 0 Å². The number of anilines is 1. The molecule has 4 nitrogen and oxygen atoms in total. The Balaban J connectivity index is 2.12. The number of thiazole rings is 1. The number of aromatic nitrogens is 3. The fourth-order valence-corrected chi connectivity index (χ4v) is 2.51. The fourth-order valence-electron chi connectivity index (χ4n) is 1.76. The van der Waals surface area contributed by atoms with Crippen molar-refractivity contribution in [3.8, 4) is 0 Å². The van der Waals surface area contributed by atoms with Crippen LogP contribution in [0, 0.1) is 0 Å². The summed E-state index contributed by atoms with van der Waals surface area (Å²) in [6, 6.07) is 5.59. The quantitative estimate of drug-likeness (QED) is 0.774. The number of halogens is 1. The van der Waals surface area contributed by atoms with Gasteiger partial charge in [0.05, 0.1) is 23.1 Å². The van der Waals surface area contributed by atoms with Gasteiger partial charge in [0.25, 0.3) is 0 Å². The standard InChI is InChI=1S/C11H9ClN4S/c12-7-1-2-10-9(3-7)15-11(13)16(10)5-8-4-14-6-17-8/h1-4,6H,5H2,(H2,13,15). The summed E-state index contributed by atoms with van der Waals surface area (Å²) < 4.78 is 1.96. The Kier molecular flexibility index (Phi) is 2.49. The Bertz CT molecular complexity index is 659. The van der Waals surface area contributed by atoms with Crippen LogP contribution in [0.3, 0.4) is 0 Å². The molecule has 86 valence electrons. The van der Waals surface area contributed by atoms with Crippen LogP contribution in [-0.4, -0.2) is 14.5 Å². The average Bonchev–Trinajstić information content (AvgIpc) is 2.88. The summed E-state index contributed by atoms with van der Waals surface area (Å²) in [4.78, 5) is 9.49. The number of hydrogen-bond donors (Lipinski definition) is 1. The minimum absolute atomic E-state index is 0.496. The van der Waals surface area contributed by atoms with Gasteiger partial charge in [0.15, 0.2) is 0 Å². The maximum absolute atomic E-state index is 5.93. The predicted molar refractivity (Wildman–Crippen MR) is 70.4 cm³/mol. The van der Waals surface area contributed by atoms with Crippen LogP contribution >= 0.6 is 22.9 Å². The van der Waals surface area contributed by atoms with Crippen LogP contribution in [0.4, 0.5) is 5.95 Å². The number of nitrogens with two attached hydrogens (primary N) is 1. The number of benzene rings is 1. The second-order valence-electron chi connectivity index (χ2n) is 3.66. The highest BCUT2D eigenvalue weighted by Gasteiger charge is 2.09. The molecule has 0 aliphatic heterocycles. The first-order chi connectivity index (χ1) is 8.24. The van der Waals surface area contributed by atoms with E-state index < -0.39 is 0 Å². The minimum Gasteiger partial charge on any atom is -0.369 e. The van der Waals surface area contributed by atoms with E-state index in [9.17, 15) is 0 Å². The maximum Gasteiger partial charge on any atom is 0.201 e. The molecular formula is C11H9ClN4S. The molecule has 0 saturated carbocycles. The molecule has 0 aliphatic carbocycles. The van der Waals surface area contributed by atoms with Gasteiger partial charge in [0, 0.05) is 16.1 Å². The normalized spacial score (nSPS) is 11.1. The molecule has 2 aromatic heterocycles. The van der Waals surface area contributed by atoms with E-state index in [1.54, 1.807) is 11.3 Å². The molecule has 1 aromatic carbocycles. The number of hydrogen-bond acceptors (Lipinski definition) is 4. The second kappa shape index (κ2) is 4.01. The van der Waals surface area contributed by atoms with Gasteiger partial charge in [-0.1, -0.05) is 11.6 Å². The number of fused-ring (bicyclic) bond motifs is 1. The molecular weight excluding hydrogens is 256 g/mol. The lowest BCUT2D eigenvalue weighted by Crippen LogP contribution is -2.03. The monoisotopic (exact) mass is 264 g/mol. The third kappa shape index (κ3) is 1.87. The first kappa shape index (κ1) is 10.6. The highest BCUT2D eigenvalue weighted by molar-refractivity contribution is 7.09. The summed E-state index contributed by atoms with van der Waals surface area (Å²) >= 11 is 7.53. The van der Waals surface area contributed by atoms with Crippen molar-refractivity contribution < 1.29 is 0 Å². The minimum atomic E-state index is 0.496. The summed E-state index contributed by atoms with van der Waals surface area (Å²) in [5.41, 5.74) is 9.53. The number of nitrogen functional groups attached to an aromatic ring is 1. The highest BCUT2D eigenvalue weighted by atomic mass is 35.5. The molecule has 0 saturated heterocycles. The Morgan fingerprint density at radius 2 is 2.29 bits per heavy atom. The molecule has 0 fully saturated rings. The molecule has 0 radical (unpaired) electrons. The summed E-state index contributed by atoms with van der Waals surface area (Å²) in [7, 11) is 0. The Morgan fingerprint density at radius 3 is 3.06 bits per heavy atom. The lowest BCUT2D eigenvalue weighted by Gasteiger charge is -2.03. The SMILES string of the molecule is Nc1nc2cc(Cl)ccc2n1Cc1cncs1. The maximum atomic E-state index is 5.93. The van der Waals surface area contributed by atoms with E-state index in [0.29, 0.717) is 17.5 Å². The zero-order chi connectivity index (χ0) is 11.8. The third-order valence-corrected chi connectivity index (χ3v) is 3.54. The van der Waals surface area contributed by atoms with Gasteiger partial charge in [0.2, 0.25) is 5.95 Å². The molecule has 17 heavy (non-hydrogen) atoms. The molecule has 0 atom stereocenters. The summed E-state index contributed by atoms with van der Waals surface area (Å²) in [6.07, 6.45) is 1.84. The van der Waals surface area contributed by atoms with Crippen molar-refractivity contribution in [2.45, 2.75) is 6.54 Å². The van der Waals surface area contributed by atoms with Gasteiger partial charge in [-0.15, -0.1) is 11.3 Å². The van der Waals surface area contributed by atoms with E-state index >= 15 is 0 Å². The van der Waals surface area contributed by atoms with Gasteiger partial charge >= 0.3 is 0 Å². The van der Waals surface area contributed by atoms with Gasteiger partial charge in [-0.2, -0.15) is 0 Å². The van der Waals surface area contributed by atoms with Gasteiger partial charge < -0.3 is 10.3 Å². The summed E-state index contributed by atoms with van der Waals surface area (Å²) in [5.74, 6) is 0.496. The first-order valence-electron chi connectivity index (χ1n) is 5.02. The third-order valence-electron chi connectivity index (χ3n) is 2.54. The zero-order valence-electron chi connectivity index (χ0n) is 8.80. The molecule has 2 N–H and O–H groups in total. The van der Waals surface area contributed by atoms with Crippen LogP contribution in [0.15, 0.2) is 29.9 Å². The topological polar surface area (TPSA) is 56.7 Å². The Morgan fingerprint density at radius 1 is 1.41 bits per heavy atom. The number of rotatable bonds is 2. The first-order valence-corrected chi connectivity index (χ1v) is 6.28. The molecule has 0 amide bonds. The summed E-state index contributed by atoms with van der Waals surface area (Å²) in [5, 5.41) is 0.667. The molecule has 3 aromatic rings. The number of nitrogens with zero attached hydrogens (tertiary/aromatic N) is 3. The lowest BCUT2D eigenvalue weighted by molar-refractivity contribution is 0.850. The van der Waals surface area contributed by atoms with Crippen molar-refractivity contribution in [3.63, 3.8) is 0 Å². The van der Waals surface area contributed by atoms with E-state index in [-0.39, 0.29) is 0 Å². The van der Waals surface area contributed by atoms with Crippen LogP contribution in [-0.2, 0) is 6.54 Å². The van der Waals surface area contributed by atoms with Gasteiger partial charge in [-0.05, 0) is 18.2 Å². The molecule has 0 aliphatic rings. The molecule has 2 heterocycles. The molecule has 0 bridgehead atoms. The van der Waals surface area contributed by atoms with Crippen LogP contribution in [0.5, 0.6) is 0 Å². The lowest BCUT2D eigenvalue weighted by atomic mass is 10.3. The van der Waals surface area contributed by atoms with E-state index in [1.165, 1.54) is 0 Å². The van der Waals surface area contributed by atoms with Crippen molar-refractivity contribution in [2.24, 2.45) is 0 Å². The molecule has 6 heteroatoms. The number of imidazole rings is 1. The van der Waals surface area contributed by atoms with E-state index in [1.807, 2.05) is 34.5 Å². The van der Waals surface area contributed by atoms with Gasteiger partial charge in [0.1, 0.15) is 0 Å². The van der Waals surface area contributed by atoms with Crippen LogP contribution in [0.25, 0.3) is 11.0 Å². The van der Waals surface area contributed by atoms with Crippen LogP contribution in [0.2, 0.25) is 5.02 Å². The van der Waals surface area contributed by atoms with Crippen LogP contribution in [0.1, 0.15) is 4.88 Å². The van der Waals surface area contributed by atoms with Crippen molar-refractivity contribution >= 4 is 39.9 Å². The second-order valence-corrected chi connectivity index (χ2v) is 5.06. The molecule has 0 unspecified atom stereocenters. The van der Waals surface area contributed by atoms with Crippen molar-refractivity contribution in [2.75, 3.05) is 5.73 Å². The summed E-state index contributed by atoms with van der Waals surface area (Å²) in [6.45, 7) is 0.689. The van der Waals surface area contributed by atoms with Gasteiger partial charge in [-0.25, -0.2) is 4.98 Å². The molecule has 0 spiro atoms. The smallest absolute Gasteiger partial charge is 0.201 e. The zero-order valence-corrected chi connectivity index (χ0v) is 10.4. The Labute approximate surface area is 107 Å². The van der Waals surface area contributed by atoms with Gasteiger partial charge in [-0.3, -0.25) is 4.98 Å². The van der Waals surface area contributed by atoms with E-state index in [0.717, 1.165) is 15.9 Å². The van der Waals surface area contributed by atoms with Crippen LogP contribution < -0.4 is 5.73 Å². The average molecular weight is 265 g/mol.